The normalized spacial score (nSPS) is 17.3. The van der Waals surface area contributed by atoms with E-state index in [1.807, 2.05) is 73.3 Å². The van der Waals surface area contributed by atoms with E-state index in [0.717, 1.165) is 24.0 Å². The number of piperazine rings is 1. The Hall–Kier alpha value is -3.89. The fraction of sp³-hybridized carbons (Fsp3) is 0.485. The van der Waals surface area contributed by atoms with Crippen molar-refractivity contribution in [2.75, 3.05) is 52.5 Å². The number of hydrogen-bond donors (Lipinski definition) is 1. The quantitative estimate of drug-likeness (QED) is 0.364. The molecule has 1 atom stereocenters. The van der Waals surface area contributed by atoms with Gasteiger partial charge in [0.25, 0.3) is 5.91 Å². The van der Waals surface area contributed by atoms with Gasteiger partial charge in [-0.25, -0.2) is 4.79 Å². The summed E-state index contributed by atoms with van der Waals surface area (Å²) in [5, 5.41) is 3.31. The molecule has 3 aromatic rings. The molecule has 0 bridgehead atoms. The molecule has 0 saturated carbocycles. The summed E-state index contributed by atoms with van der Waals surface area (Å²) in [6.07, 6.45) is 1.66. The fourth-order valence-electron chi connectivity index (χ4n) is 5.97. The Morgan fingerprint density at radius 2 is 1.74 bits per heavy atom. The second kappa shape index (κ2) is 14.1. The molecule has 2 aliphatic heterocycles. The van der Waals surface area contributed by atoms with E-state index in [1.165, 1.54) is 0 Å². The maximum atomic E-state index is 14.5. The van der Waals surface area contributed by atoms with Crippen LogP contribution >= 0.6 is 0 Å². The Labute approximate surface area is 253 Å². The van der Waals surface area contributed by atoms with E-state index in [4.69, 9.17) is 9.47 Å². The maximum Gasteiger partial charge on any atom is 0.329 e. The average molecular weight is 590 g/mol. The van der Waals surface area contributed by atoms with Gasteiger partial charge in [0.2, 0.25) is 5.91 Å². The number of rotatable bonds is 10. The van der Waals surface area contributed by atoms with Crippen LogP contribution in [0, 0.1) is 0 Å². The molecule has 1 N–H and O–H groups in total. The lowest BCUT2D eigenvalue weighted by Crippen LogP contribution is -2.47. The molecule has 2 aromatic carbocycles. The standard InChI is InChI=1S/C33H43N5O5/c1-24(2)42-19-20-43-29-13-7-9-26(21-29)22-37-31(32(40)35-17-14-34-15-18-35)30(27-10-5-4-6-11-27)38(33(37)41)28-12-8-16-36(23-28)25(3)39/h4-7,9-11,13,21,24,28,34H,8,12,14-20,22-23H2,1-3H3. The molecule has 3 heterocycles. The molecule has 0 radical (unpaired) electrons. The molecule has 2 aliphatic rings. The molecular formula is C33H43N5O5. The van der Waals surface area contributed by atoms with E-state index in [2.05, 4.69) is 5.32 Å². The van der Waals surface area contributed by atoms with Crippen molar-refractivity contribution in [3.8, 4) is 17.0 Å². The van der Waals surface area contributed by atoms with Gasteiger partial charge >= 0.3 is 5.69 Å². The Morgan fingerprint density at radius 1 is 0.977 bits per heavy atom. The van der Waals surface area contributed by atoms with Crippen molar-refractivity contribution in [2.24, 2.45) is 0 Å². The summed E-state index contributed by atoms with van der Waals surface area (Å²) in [6, 6.07) is 17.1. The van der Waals surface area contributed by atoms with Crippen LogP contribution in [0.5, 0.6) is 5.75 Å². The zero-order valence-electron chi connectivity index (χ0n) is 25.5. The predicted octanol–water partition coefficient (Wildman–Crippen LogP) is 3.40. The van der Waals surface area contributed by atoms with Crippen molar-refractivity contribution in [3.63, 3.8) is 0 Å². The number of amides is 2. The largest absolute Gasteiger partial charge is 0.491 e. The lowest BCUT2D eigenvalue weighted by Gasteiger charge is -2.33. The number of piperidine rings is 1. The van der Waals surface area contributed by atoms with E-state index in [9.17, 15) is 14.4 Å². The second-order valence-corrected chi connectivity index (χ2v) is 11.5. The molecule has 1 unspecified atom stereocenters. The zero-order chi connectivity index (χ0) is 30.3. The zero-order valence-corrected chi connectivity index (χ0v) is 25.5. The molecule has 10 nitrogen and oxygen atoms in total. The minimum Gasteiger partial charge on any atom is -0.491 e. The number of likely N-dealkylation sites (tertiary alicyclic amines) is 1. The number of carbonyl (C=O) groups is 2. The smallest absolute Gasteiger partial charge is 0.329 e. The van der Waals surface area contributed by atoms with E-state index < -0.39 is 0 Å². The summed E-state index contributed by atoms with van der Waals surface area (Å²) in [4.78, 5) is 44.8. The van der Waals surface area contributed by atoms with Crippen LogP contribution in [0.4, 0.5) is 0 Å². The highest BCUT2D eigenvalue weighted by Crippen LogP contribution is 2.31. The molecule has 43 heavy (non-hydrogen) atoms. The van der Waals surface area contributed by atoms with Crippen molar-refractivity contribution in [3.05, 3.63) is 76.3 Å². The third-order valence-electron chi connectivity index (χ3n) is 8.08. The minimum atomic E-state index is -0.246. The fourth-order valence-corrected chi connectivity index (χ4v) is 5.97. The van der Waals surface area contributed by atoms with Crippen molar-refractivity contribution in [1.29, 1.82) is 0 Å². The molecule has 1 aromatic heterocycles. The van der Waals surface area contributed by atoms with Gasteiger partial charge in [-0.2, -0.15) is 0 Å². The molecular weight excluding hydrogens is 546 g/mol. The van der Waals surface area contributed by atoms with Crippen LogP contribution in [0.3, 0.4) is 0 Å². The summed E-state index contributed by atoms with van der Waals surface area (Å²) in [5.41, 5.74) is 2.41. The summed E-state index contributed by atoms with van der Waals surface area (Å²) in [7, 11) is 0. The first-order valence-electron chi connectivity index (χ1n) is 15.3. The molecule has 10 heteroatoms. The van der Waals surface area contributed by atoms with Crippen molar-refractivity contribution < 1.29 is 19.1 Å². The third kappa shape index (κ3) is 7.19. The van der Waals surface area contributed by atoms with Crippen molar-refractivity contribution >= 4 is 11.8 Å². The van der Waals surface area contributed by atoms with Crippen LogP contribution in [0.1, 0.15) is 55.7 Å². The van der Waals surface area contributed by atoms with E-state index in [-0.39, 0.29) is 36.2 Å². The third-order valence-corrected chi connectivity index (χ3v) is 8.08. The van der Waals surface area contributed by atoms with Gasteiger partial charge in [-0.1, -0.05) is 42.5 Å². The minimum absolute atomic E-state index is 0.00818. The number of imidazole rings is 1. The average Bonchev–Trinajstić information content (AvgIpc) is 3.31. The van der Waals surface area contributed by atoms with Crippen molar-refractivity contribution in [1.82, 2.24) is 24.3 Å². The molecule has 0 spiro atoms. The van der Waals surface area contributed by atoms with Gasteiger partial charge in [0.05, 0.1) is 31.0 Å². The first-order chi connectivity index (χ1) is 20.8. The number of nitrogens with zero attached hydrogens (tertiary/aromatic N) is 4. The van der Waals surface area contributed by atoms with Gasteiger partial charge in [0, 0.05) is 51.8 Å². The summed E-state index contributed by atoms with van der Waals surface area (Å²) < 4.78 is 14.9. The molecule has 230 valence electrons. The highest BCUT2D eigenvalue weighted by atomic mass is 16.5. The molecule has 0 aliphatic carbocycles. The summed E-state index contributed by atoms with van der Waals surface area (Å²) >= 11 is 0. The predicted molar refractivity (Wildman–Crippen MR) is 166 cm³/mol. The van der Waals surface area contributed by atoms with Crippen LogP contribution in [-0.4, -0.2) is 89.3 Å². The Kier molecular flexibility index (Phi) is 9.99. The van der Waals surface area contributed by atoms with Gasteiger partial charge in [0.15, 0.2) is 0 Å². The van der Waals surface area contributed by atoms with Crippen LogP contribution < -0.4 is 15.7 Å². The van der Waals surface area contributed by atoms with Crippen LogP contribution in [0.2, 0.25) is 0 Å². The van der Waals surface area contributed by atoms with Crippen LogP contribution in [0.25, 0.3) is 11.3 Å². The monoisotopic (exact) mass is 589 g/mol. The molecule has 2 fully saturated rings. The highest BCUT2D eigenvalue weighted by molar-refractivity contribution is 5.99. The van der Waals surface area contributed by atoms with Gasteiger partial charge in [-0.15, -0.1) is 0 Å². The number of hydrogen-bond acceptors (Lipinski definition) is 6. The van der Waals surface area contributed by atoms with Gasteiger partial charge in [-0.3, -0.25) is 18.7 Å². The lowest BCUT2D eigenvalue weighted by molar-refractivity contribution is -0.130. The lowest BCUT2D eigenvalue weighted by atomic mass is 10.0. The van der Waals surface area contributed by atoms with Gasteiger partial charge < -0.3 is 24.6 Å². The van der Waals surface area contributed by atoms with Crippen LogP contribution in [-0.2, 0) is 16.1 Å². The first-order valence-corrected chi connectivity index (χ1v) is 15.3. The number of carbonyl (C=O) groups excluding carboxylic acids is 2. The first kappa shape index (κ1) is 30.6. The van der Waals surface area contributed by atoms with Gasteiger partial charge in [0.1, 0.15) is 18.1 Å². The second-order valence-electron chi connectivity index (χ2n) is 11.5. The Bertz CT molecular complexity index is 1460. The number of ether oxygens (including phenoxy) is 2. The molecule has 2 amide bonds. The summed E-state index contributed by atoms with van der Waals surface area (Å²) in [6.45, 7) is 10.3. The van der Waals surface area contributed by atoms with Crippen LogP contribution in [0.15, 0.2) is 59.4 Å². The number of benzene rings is 2. The Morgan fingerprint density at radius 3 is 2.47 bits per heavy atom. The SMILES string of the molecule is CC(=O)N1CCCC(n2c(-c3ccccc3)c(C(=O)N3CCNCC3)n(Cc3cccc(OCCOC(C)C)c3)c2=O)C1. The highest BCUT2D eigenvalue weighted by Gasteiger charge is 2.34. The number of nitrogens with one attached hydrogen (secondary N) is 1. The number of aromatic nitrogens is 2. The molecule has 5 rings (SSSR count). The topological polar surface area (TPSA) is 98.0 Å². The Balaban J connectivity index is 1.59. The molecule has 2 saturated heterocycles. The van der Waals surface area contributed by atoms with E-state index in [1.54, 1.807) is 21.0 Å². The van der Waals surface area contributed by atoms with E-state index in [0.29, 0.717) is 69.6 Å². The van der Waals surface area contributed by atoms with Gasteiger partial charge in [-0.05, 0) is 44.4 Å². The van der Waals surface area contributed by atoms with E-state index >= 15 is 0 Å². The van der Waals surface area contributed by atoms with Crippen molar-refractivity contribution in [2.45, 2.75) is 52.3 Å². The maximum absolute atomic E-state index is 14.5. The summed E-state index contributed by atoms with van der Waals surface area (Å²) in [5.74, 6) is 0.514.